The van der Waals surface area contributed by atoms with E-state index < -0.39 is 9.05 Å². The average Bonchev–Trinajstić information content (AvgIpc) is 2.01. The van der Waals surface area contributed by atoms with Gasteiger partial charge in [0.1, 0.15) is 0 Å². The molecule has 0 radical (unpaired) electrons. The molecule has 6 heteroatoms. The summed E-state index contributed by atoms with van der Waals surface area (Å²) < 4.78 is 1.28. The highest BCUT2D eigenvalue weighted by molar-refractivity contribution is 6.44. The quantitative estimate of drug-likeness (QED) is 0.437. The summed E-state index contributed by atoms with van der Waals surface area (Å²) in [5.74, 6) is 0. The summed E-state index contributed by atoms with van der Waals surface area (Å²) in [6.07, 6.45) is 3.95. The van der Waals surface area contributed by atoms with E-state index >= 15 is 0 Å². The second-order valence-electron chi connectivity index (χ2n) is 4.36. The Morgan fingerprint density at radius 1 is 0.875 bits per heavy atom. The van der Waals surface area contributed by atoms with E-state index in [9.17, 15) is 0 Å². The summed E-state index contributed by atoms with van der Waals surface area (Å²) in [6, 6.07) is 0. The van der Waals surface area contributed by atoms with E-state index in [1.54, 1.807) is 0 Å². The fourth-order valence-electron chi connectivity index (χ4n) is 1.95. The molecule has 0 atom stereocenters. The minimum atomic E-state index is -4.86. The van der Waals surface area contributed by atoms with Crippen LogP contribution in [0.15, 0.2) is 0 Å². The molecule has 0 aliphatic carbocycles. The van der Waals surface area contributed by atoms with Crippen molar-refractivity contribution in [3.8, 4) is 0 Å². The first-order chi connectivity index (χ1) is 7.18. The fourth-order valence-corrected chi connectivity index (χ4v) is 1.95. The second-order valence-corrected chi connectivity index (χ2v) is 5.51. The van der Waals surface area contributed by atoms with Gasteiger partial charge in [0.05, 0.1) is 26.7 Å². The monoisotopic (exact) mass is 253 g/mol. The lowest BCUT2D eigenvalue weighted by Gasteiger charge is -2.33. The molecule has 0 aliphatic rings. The summed E-state index contributed by atoms with van der Waals surface area (Å²) >= 11 is 0. The van der Waals surface area contributed by atoms with Gasteiger partial charge in [-0.25, -0.2) is 0 Å². The zero-order valence-electron chi connectivity index (χ0n) is 10.9. The van der Waals surface area contributed by atoms with Gasteiger partial charge in [0.15, 0.2) is 0 Å². The maximum Gasteiger partial charge on any atom is 0.404 e. The maximum absolute atomic E-state index is 8.91. The molecule has 0 fully saturated rings. The van der Waals surface area contributed by atoms with Crippen LogP contribution in [-0.2, 0) is 0 Å². The Balaban J connectivity index is 0. The van der Waals surface area contributed by atoms with Crippen molar-refractivity contribution in [1.29, 1.82) is 0 Å². The molecular formula is C10H27NO4Si. The summed E-state index contributed by atoms with van der Waals surface area (Å²) in [5, 5.41) is 0. The molecule has 0 spiro atoms. The van der Waals surface area contributed by atoms with Crippen molar-refractivity contribution in [3.63, 3.8) is 0 Å². The predicted molar refractivity (Wildman–Crippen MR) is 64.1 cm³/mol. The van der Waals surface area contributed by atoms with Crippen molar-refractivity contribution in [3.05, 3.63) is 0 Å². The highest BCUT2D eigenvalue weighted by Gasteiger charge is 2.16. The lowest BCUT2D eigenvalue weighted by atomic mass is 10.2. The zero-order valence-corrected chi connectivity index (χ0v) is 11.9. The van der Waals surface area contributed by atoms with Gasteiger partial charge < -0.3 is 23.7 Å². The Morgan fingerprint density at radius 2 is 1.06 bits per heavy atom. The van der Waals surface area contributed by atoms with Crippen molar-refractivity contribution in [2.45, 2.75) is 40.0 Å². The molecule has 0 saturated carbocycles. The van der Waals surface area contributed by atoms with Crippen LogP contribution in [0.25, 0.3) is 0 Å². The molecule has 0 aromatic carbocycles. The Morgan fingerprint density at radius 3 is 1.19 bits per heavy atom. The molecule has 0 aromatic rings. The van der Waals surface area contributed by atoms with E-state index in [0.717, 1.165) is 0 Å². The molecule has 0 amide bonds. The van der Waals surface area contributed by atoms with Crippen molar-refractivity contribution >= 4 is 9.05 Å². The minimum absolute atomic E-state index is 1.28. The number of rotatable bonds is 6. The van der Waals surface area contributed by atoms with Crippen LogP contribution in [0.5, 0.6) is 0 Å². The first kappa shape index (κ1) is 18.4. The molecule has 0 heterocycles. The Bertz CT molecular complexity index is 138. The summed E-state index contributed by atoms with van der Waals surface area (Å²) in [4.78, 5) is 30.6. The van der Waals surface area contributed by atoms with Gasteiger partial charge in [0.25, 0.3) is 0 Å². The van der Waals surface area contributed by atoms with E-state index in [4.69, 9.17) is 19.2 Å². The lowest BCUT2D eigenvalue weighted by molar-refractivity contribution is -0.909. The van der Waals surface area contributed by atoms with Gasteiger partial charge in [-0.2, -0.15) is 0 Å². The zero-order chi connectivity index (χ0) is 13.2. The van der Waals surface area contributed by atoms with Crippen molar-refractivity contribution in [1.82, 2.24) is 0 Å². The SMILES string of the molecule is CCC[N+](C)(CCC)CCC.[O-][Si](O)(O)O. The van der Waals surface area contributed by atoms with E-state index in [1.807, 2.05) is 0 Å². The summed E-state index contributed by atoms with van der Waals surface area (Å²) in [6.45, 7) is 10.9. The number of nitrogens with zero attached hydrogens (tertiary/aromatic N) is 1. The smallest absolute Gasteiger partial charge is 0.404 e. The maximum atomic E-state index is 8.91. The van der Waals surface area contributed by atoms with Crippen LogP contribution in [-0.4, -0.2) is 54.6 Å². The average molecular weight is 253 g/mol. The topological polar surface area (TPSA) is 83.8 Å². The van der Waals surface area contributed by atoms with Gasteiger partial charge >= 0.3 is 9.05 Å². The van der Waals surface area contributed by atoms with Crippen molar-refractivity contribution in [2.24, 2.45) is 0 Å². The highest BCUT2D eigenvalue weighted by Crippen LogP contribution is 2.06. The third kappa shape index (κ3) is 16.4. The van der Waals surface area contributed by atoms with Crippen LogP contribution < -0.4 is 4.80 Å². The summed E-state index contributed by atoms with van der Waals surface area (Å²) in [7, 11) is -2.48. The highest BCUT2D eigenvalue weighted by atomic mass is 28.4. The van der Waals surface area contributed by atoms with Gasteiger partial charge in [0, 0.05) is 0 Å². The Hall–Kier alpha value is 0.0169. The van der Waals surface area contributed by atoms with Crippen molar-refractivity contribution < 1.29 is 23.7 Å². The number of hydrogen-bond acceptors (Lipinski definition) is 4. The largest absolute Gasteiger partial charge is 0.794 e. The van der Waals surface area contributed by atoms with Gasteiger partial charge in [-0.1, -0.05) is 20.8 Å². The molecule has 0 bridgehead atoms. The van der Waals surface area contributed by atoms with Crippen molar-refractivity contribution in [2.75, 3.05) is 26.7 Å². The van der Waals surface area contributed by atoms with Crippen LogP contribution in [0.1, 0.15) is 40.0 Å². The third-order valence-electron chi connectivity index (χ3n) is 2.29. The molecule has 5 nitrogen and oxygen atoms in total. The van der Waals surface area contributed by atoms with Gasteiger partial charge in [0.2, 0.25) is 0 Å². The summed E-state index contributed by atoms with van der Waals surface area (Å²) in [5.41, 5.74) is 0. The molecule has 3 N–H and O–H groups in total. The van der Waals surface area contributed by atoms with E-state index in [2.05, 4.69) is 27.8 Å². The van der Waals surface area contributed by atoms with Crippen LogP contribution >= 0.6 is 0 Å². The first-order valence-corrected chi connectivity index (χ1v) is 7.64. The molecule has 100 valence electrons. The number of quaternary nitrogens is 1. The second kappa shape index (κ2) is 9.09. The number of hydrogen-bond donors (Lipinski definition) is 3. The van der Waals surface area contributed by atoms with Gasteiger partial charge in [-0.15, -0.1) is 0 Å². The fraction of sp³-hybridized carbons (Fsp3) is 1.00. The molecule has 0 unspecified atom stereocenters. The van der Waals surface area contributed by atoms with E-state index in [-0.39, 0.29) is 0 Å². The van der Waals surface area contributed by atoms with Gasteiger partial charge in [-0.05, 0) is 19.3 Å². The van der Waals surface area contributed by atoms with E-state index in [0.29, 0.717) is 0 Å². The third-order valence-corrected chi connectivity index (χ3v) is 2.29. The molecule has 0 aromatic heterocycles. The molecular weight excluding hydrogens is 226 g/mol. The lowest BCUT2D eigenvalue weighted by Crippen LogP contribution is -2.50. The minimum Gasteiger partial charge on any atom is -0.794 e. The molecule has 16 heavy (non-hydrogen) atoms. The van der Waals surface area contributed by atoms with E-state index in [1.165, 1.54) is 43.4 Å². The van der Waals surface area contributed by atoms with Crippen LogP contribution in [0.2, 0.25) is 0 Å². The predicted octanol–water partition coefficient (Wildman–Crippen LogP) is -0.578. The normalized spacial score (nSPS) is 12.0. The standard InChI is InChI=1S/C10H24N.H3O4Si/c1-5-8-11(4,9-6-2)10-7-3;1-5(2,3)4/h5-10H2,1-4H3;1-3H/q+1;-1. The first-order valence-electron chi connectivity index (χ1n) is 5.89. The van der Waals surface area contributed by atoms with Crippen LogP contribution in [0.4, 0.5) is 0 Å². The molecule has 0 saturated heterocycles. The Labute approximate surface area is 100 Å². The Kier molecular flexibility index (Phi) is 10.4. The molecule has 0 aliphatic heterocycles. The molecule has 0 rings (SSSR count). The van der Waals surface area contributed by atoms with Crippen LogP contribution in [0.3, 0.4) is 0 Å². The van der Waals surface area contributed by atoms with Gasteiger partial charge in [-0.3, -0.25) is 0 Å². The van der Waals surface area contributed by atoms with Crippen LogP contribution in [0, 0.1) is 0 Å².